The maximum Gasteiger partial charge on any atom is 0.434 e. The van der Waals surface area contributed by atoms with Crippen LogP contribution in [-0.4, -0.2) is 36.4 Å². The van der Waals surface area contributed by atoms with Gasteiger partial charge in [-0.1, -0.05) is 11.6 Å². The van der Waals surface area contributed by atoms with E-state index in [9.17, 15) is 31.5 Å². The van der Waals surface area contributed by atoms with Gasteiger partial charge in [-0.2, -0.15) is 23.4 Å². The van der Waals surface area contributed by atoms with Crippen molar-refractivity contribution in [3.8, 4) is 11.1 Å². The number of hydrogen-bond acceptors (Lipinski definition) is 6. The Morgan fingerprint density at radius 2 is 1.86 bits per heavy atom. The molecule has 0 spiro atoms. The van der Waals surface area contributed by atoms with Crippen molar-refractivity contribution in [2.75, 3.05) is 5.32 Å². The molecule has 0 unspecified atom stereocenters. The summed E-state index contributed by atoms with van der Waals surface area (Å²) in [4.78, 5) is 28.8. The van der Waals surface area contributed by atoms with Crippen LogP contribution in [0.5, 0.6) is 0 Å². The Balaban J connectivity index is 1.96. The molecule has 4 rings (SSSR count). The fraction of sp³-hybridized carbons (Fsp3) is 0.250. The fourth-order valence-corrected chi connectivity index (χ4v) is 5.09. The first-order valence-corrected chi connectivity index (χ1v) is 11.1. The molecule has 2 amide bonds. The zero-order valence-electron chi connectivity index (χ0n) is 18.5. The molecule has 9 nitrogen and oxygen atoms in total. The summed E-state index contributed by atoms with van der Waals surface area (Å²) in [7, 11) is 2.56. The van der Waals surface area contributed by atoms with Gasteiger partial charge >= 0.3 is 6.18 Å². The van der Waals surface area contributed by atoms with Gasteiger partial charge in [0.1, 0.15) is 20.4 Å². The smallest absolute Gasteiger partial charge is 0.365 e. The van der Waals surface area contributed by atoms with Gasteiger partial charge in [0, 0.05) is 31.2 Å². The van der Waals surface area contributed by atoms with E-state index >= 15 is 0 Å². The Morgan fingerprint density at radius 3 is 2.36 bits per heavy atom. The average Bonchev–Trinajstić information content (AvgIpc) is 3.39. The topological polar surface area (TPSA) is 121 Å². The van der Waals surface area contributed by atoms with Crippen molar-refractivity contribution in [1.82, 2.24) is 24.5 Å². The van der Waals surface area contributed by atoms with Crippen LogP contribution < -0.4 is 11.1 Å². The van der Waals surface area contributed by atoms with Gasteiger partial charge in [-0.05, 0) is 18.6 Å². The first-order chi connectivity index (χ1) is 16.7. The zero-order valence-corrected chi connectivity index (χ0v) is 20.1. The predicted octanol–water partition coefficient (Wildman–Crippen LogP) is 4.70. The van der Waals surface area contributed by atoms with Crippen LogP contribution in [0.15, 0.2) is 12.3 Å². The molecule has 190 valence electrons. The SMILES string of the molecule is Cc1nn(C)cc1-c1cc(C(F)F)nc2sc(C(N)=O)c(NC(=O)c3nn(C)c(C(F)(F)F)c3Cl)c12. The van der Waals surface area contributed by atoms with Crippen molar-refractivity contribution in [1.29, 1.82) is 0 Å². The summed E-state index contributed by atoms with van der Waals surface area (Å²) in [6.07, 6.45) is -6.32. The molecule has 0 aliphatic heterocycles. The number of aromatic nitrogens is 5. The molecule has 4 aromatic heterocycles. The summed E-state index contributed by atoms with van der Waals surface area (Å²) < 4.78 is 69.0. The van der Waals surface area contributed by atoms with Crippen LogP contribution in [0.3, 0.4) is 0 Å². The predicted molar refractivity (Wildman–Crippen MR) is 121 cm³/mol. The minimum absolute atomic E-state index is 0.0572. The van der Waals surface area contributed by atoms with E-state index in [1.54, 1.807) is 14.0 Å². The van der Waals surface area contributed by atoms with E-state index in [4.69, 9.17) is 17.3 Å². The summed E-state index contributed by atoms with van der Waals surface area (Å²) in [5.74, 6) is -2.20. The van der Waals surface area contributed by atoms with Gasteiger partial charge in [-0.15, -0.1) is 11.3 Å². The van der Waals surface area contributed by atoms with Gasteiger partial charge < -0.3 is 11.1 Å². The van der Waals surface area contributed by atoms with Crippen molar-refractivity contribution in [3.05, 3.63) is 44.9 Å². The quantitative estimate of drug-likeness (QED) is 0.351. The van der Waals surface area contributed by atoms with E-state index in [0.717, 1.165) is 13.1 Å². The third-order valence-electron chi connectivity index (χ3n) is 5.14. The first kappa shape index (κ1) is 25.5. The second-order valence-electron chi connectivity index (χ2n) is 7.63. The van der Waals surface area contributed by atoms with E-state index in [1.165, 1.54) is 10.9 Å². The monoisotopic (exact) mass is 547 g/mol. The Labute approximate surface area is 207 Å². The highest BCUT2D eigenvalue weighted by molar-refractivity contribution is 7.21. The number of anilines is 1. The third-order valence-corrected chi connectivity index (χ3v) is 6.60. The van der Waals surface area contributed by atoms with Gasteiger partial charge in [0.25, 0.3) is 18.2 Å². The number of amides is 2. The number of hydrogen-bond donors (Lipinski definition) is 2. The number of rotatable bonds is 5. The number of carbonyl (C=O) groups excluding carboxylic acids is 2. The van der Waals surface area contributed by atoms with Crippen LogP contribution in [0.1, 0.15) is 43.7 Å². The molecular weight excluding hydrogens is 533 g/mol. The van der Waals surface area contributed by atoms with E-state index in [0.29, 0.717) is 27.3 Å². The van der Waals surface area contributed by atoms with Gasteiger partial charge in [0.05, 0.1) is 11.4 Å². The summed E-state index contributed by atoms with van der Waals surface area (Å²) in [6.45, 7) is 1.62. The number of primary amides is 1. The van der Waals surface area contributed by atoms with Gasteiger partial charge in [-0.3, -0.25) is 19.0 Å². The second-order valence-corrected chi connectivity index (χ2v) is 9.01. The van der Waals surface area contributed by atoms with Crippen molar-refractivity contribution < 1.29 is 31.5 Å². The van der Waals surface area contributed by atoms with E-state index < -0.39 is 46.5 Å². The molecule has 0 aromatic carbocycles. The van der Waals surface area contributed by atoms with Crippen LogP contribution in [0.2, 0.25) is 5.02 Å². The van der Waals surface area contributed by atoms with E-state index in [2.05, 4.69) is 20.5 Å². The minimum Gasteiger partial charge on any atom is -0.365 e. The maximum absolute atomic E-state index is 13.6. The fourth-order valence-electron chi connectivity index (χ4n) is 3.72. The number of thiophene rings is 1. The molecule has 16 heteroatoms. The largest absolute Gasteiger partial charge is 0.434 e. The Morgan fingerprint density at radius 1 is 1.19 bits per heavy atom. The number of nitrogens with two attached hydrogens (primary N) is 1. The number of pyridine rings is 1. The highest BCUT2D eigenvalue weighted by Crippen LogP contribution is 2.43. The standard InChI is InChI=1S/C20H15ClF5N7O2S/c1-6-8(5-32(2)30-6)7-4-9(16(22)23)28-19-10(7)12(14(36-19)17(27)34)29-18(35)13-11(21)15(20(24,25)26)33(3)31-13/h4-5,16H,1-3H3,(H2,27,34)(H,29,35). The molecule has 4 heterocycles. The molecular formula is C20H15ClF5N7O2S. The van der Waals surface area contributed by atoms with Crippen molar-refractivity contribution >= 4 is 50.7 Å². The lowest BCUT2D eigenvalue weighted by molar-refractivity contribution is -0.143. The lowest BCUT2D eigenvalue weighted by Crippen LogP contribution is -2.17. The van der Waals surface area contributed by atoms with Crippen molar-refractivity contribution in [3.63, 3.8) is 0 Å². The molecule has 36 heavy (non-hydrogen) atoms. The molecule has 0 saturated heterocycles. The normalized spacial score (nSPS) is 12.1. The molecule has 0 bridgehead atoms. The Hall–Kier alpha value is -3.59. The highest BCUT2D eigenvalue weighted by atomic mass is 35.5. The summed E-state index contributed by atoms with van der Waals surface area (Å²) in [5, 5.41) is 9.21. The summed E-state index contributed by atoms with van der Waals surface area (Å²) in [5.41, 5.74) is 3.51. The first-order valence-electron chi connectivity index (χ1n) is 9.87. The minimum atomic E-state index is -4.90. The molecule has 0 saturated carbocycles. The van der Waals surface area contributed by atoms with Gasteiger partial charge in [0.15, 0.2) is 11.4 Å². The van der Waals surface area contributed by atoms with Crippen LogP contribution >= 0.6 is 22.9 Å². The zero-order chi connectivity index (χ0) is 26.7. The number of aryl methyl sites for hydroxylation is 3. The van der Waals surface area contributed by atoms with Crippen molar-refractivity contribution in [2.45, 2.75) is 19.5 Å². The van der Waals surface area contributed by atoms with Crippen LogP contribution in [-0.2, 0) is 20.3 Å². The van der Waals surface area contributed by atoms with E-state index in [-0.39, 0.29) is 26.3 Å². The van der Waals surface area contributed by atoms with E-state index in [1.807, 2.05) is 0 Å². The Bertz CT molecular complexity index is 1540. The van der Waals surface area contributed by atoms with Crippen LogP contribution in [0.4, 0.5) is 27.6 Å². The molecule has 0 atom stereocenters. The molecule has 4 aromatic rings. The van der Waals surface area contributed by atoms with Crippen molar-refractivity contribution in [2.24, 2.45) is 19.8 Å². The molecule has 0 fully saturated rings. The second kappa shape index (κ2) is 8.81. The molecule has 3 N–H and O–H groups in total. The Kier molecular flexibility index (Phi) is 6.24. The summed E-state index contributed by atoms with van der Waals surface area (Å²) in [6, 6.07) is 1.08. The number of nitrogens with zero attached hydrogens (tertiary/aromatic N) is 5. The third kappa shape index (κ3) is 4.28. The number of alkyl halides is 5. The van der Waals surface area contributed by atoms with Crippen LogP contribution in [0, 0.1) is 6.92 Å². The molecule has 0 aliphatic rings. The van der Waals surface area contributed by atoms with Gasteiger partial charge in [-0.25, -0.2) is 13.8 Å². The number of nitrogens with one attached hydrogen (secondary N) is 1. The lowest BCUT2D eigenvalue weighted by atomic mass is 10.0. The number of halogens is 6. The lowest BCUT2D eigenvalue weighted by Gasteiger charge is -2.10. The number of carbonyl (C=O) groups is 2. The maximum atomic E-state index is 13.6. The highest BCUT2D eigenvalue weighted by Gasteiger charge is 2.40. The molecule has 0 radical (unpaired) electrons. The summed E-state index contributed by atoms with van der Waals surface area (Å²) >= 11 is 6.46. The number of fused-ring (bicyclic) bond motifs is 1. The van der Waals surface area contributed by atoms with Gasteiger partial charge in [0.2, 0.25) is 0 Å². The van der Waals surface area contributed by atoms with Crippen LogP contribution in [0.25, 0.3) is 21.3 Å². The average molecular weight is 548 g/mol. The molecule has 0 aliphatic carbocycles.